The van der Waals surface area contributed by atoms with Gasteiger partial charge in [0.05, 0.1) is 11.9 Å². The average Bonchev–Trinajstić information content (AvgIpc) is 3.17. The van der Waals surface area contributed by atoms with Crippen molar-refractivity contribution >= 4 is 28.7 Å². The van der Waals surface area contributed by atoms with Gasteiger partial charge in [-0.05, 0) is 31.4 Å². The molecular weight excluding hydrogens is 307 g/mol. The van der Waals surface area contributed by atoms with Crippen LogP contribution < -0.4 is 11.1 Å². The summed E-state index contributed by atoms with van der Waals surface area (Å²) in [5.74, 6) is 0.505. The van der Waals surface area contributed by atoms with Crippen LogP contribution in [-0.2, 0) is 0 Å². The van der Waals surface area contributed by atoms with E-state index in [0.717, 1.165) is 18.4 Å². The number of benzene rings is 1. The second-order valence-corrected chi connectivity index (χ2v) is 6.24. The van der Waals surface area contributed by atoms with Crippen molar-refractivity contribution < 1.29 is 4.39 Å². The van der Waals surface area contributed by atoms with Crippen LogP contribution in [0.4, 0.5) is 22.0 Å². The molecular formula is C17H19FN6. The van der Waals surface area contributed by atoms with E-state index in [1.807, 2.05) is 17.6 Å². The first kappa shape index (κ1) is 14.9. The zero-order valence-corrected chi connectivity index (χ0v) is 13.5. The van der Waals surface area contributed by atoms with Crippen molar-refractivity contribution in [3.63, 3.8) is 0 Å². The van der Waals surface area contributed by atoms with Gasteiger partial charge in [-0.25, -0.2) is 14.4 Å². The summed E-state index contributed by atoms with van der Waals surface area (Å²) in [6, 6.07) is 5.29. The summed E-state index contributed by atoms with van der Waals surface area (Å²) in [7, 11) is 0. The van der Waals surface area contributed by atoms with Crippen LogP contribution in [0.25, 0.3) is 11.2 Å². The molecule has 6 nitrogen and oxygen atoms in total. The van der Waals surface area contributed by atoms with Crippen molar-refractivity contribution in [2.75, 3.05) is 11.1 Å². The Hall–Kier alpha value is -2.70. The van der Waals surface area contributed by atoms with Gasteiger partial charge in [-0.3, -0.25) is 4.57 Å². The molecule has 0 atom stereocenters. The van der Waals surface area contributed by atoms with Crippen LogP contribution in [-0.4, -0.2) is 19.5 Å². The highest BCUT2D eigenvalue weighted by Crippen LogP contribution is 2.36. The molecule has 0 radical (unpaired) electrons. The number of aromatic nitrogens is 4. The third-order valence-electron chi connectivity index (χ3n) is 4.60. The molecule has 124 valence electrons. The normalized spacial score (nSPS) is 15.2. The van der Waals surface area contributed by atoms with Gasteiger partial charge in [-0.2, -0.15) is 4.98 Å². The summed E-state index contributed by atoms with van der Waals surface area (Å²) in [6.45, 7) is 1.87. The Bertz CT molecular complexity index is 877. The molecule has 0 bridgehead atoms. The SMILES string of the molecule is Cc1cccc(F)c1Nc1nc2cnc(N)nc2n1C1CCCC1. The van der Waals surface area contributed by atoms with Crippen LogP contribution in [0, 0.1) is 12.7 Å². The molecule has 2 aromatic heterocycles. The summed E-state index contributed by atoms with van der Waals surface area (Å²) in [6.07, 6.45) is 6.06. The van der Waals surface area contributed by atoms with Crippen molar-refractivity contribution in [2.45, 2.75) is 38.6 Å². The molecule has 4 rings (SSSR count). The monoisotopic (exact) mass is 326 g/mol. The van der Waals surface area contributed by atoms with Crippen LogP contribution in [0.3, 0.4) is 0 Å². The van der Waals surface area contributed by atoms with Crippen LogP contribution in [0.2, 0.25) is 0 Å². The molecule has 24 heavy (non-hydrogen) atoms. The molecule has 1 fully saturated rings. The van der Waals surface area contributed by atoms with Crippen LogP contribution in [0.5, 0.6) is 0 Å². The fourth-order valence-electron chi connectivity index (χ4n) is 3.40. The number of para-hydroxylation sites is 1. The predicted octanol–water partition coefficient (Wildman–Crippen LogP) is 3.71. The minimum atomic E-state index is -0.300. The summed E-state index contributed by atoms with van der Waals surface area (Å²) >= 11 is 0. The molecule has 0 amide bonds. The van der Waals surface area contributed by atoms with E-state index in [-0.39, 0.29) is 11.8 Å². The van der Waals surface area contributed by atoms with Gasteiger partial charge >= 0.3 is 0 Å². The maximum Gasteiger partial charge on any atom is 0.222 e. The van der Waals surface area contributed by atoms with E-state index >= 15 is 0 Å². The second kappa shape index (κ2) is 5.74. The highest BCUT2D eigenvalue weighted by atomic mass is 19.1. The first-order valence-electron chi connectivity index (χ1n) is 8.16. The minimum Gasteiger partial charge on any atom is -0.368 e. The van der Waals surface area contributed by atoms with Gasteiger partial charge in [0.2, 0.25) is 11.9 Å². The third-order valence-corrected chi connectivity index (χ3v) is 4.60. The van der Waals surface area contributed by atoms with E-state index in [2.05, 4.69) is 20.3 Å². The molecule has 7 heteroatoms. The summed E-state index contributed by atoms with van der Waals surface area (Å²) in [5, 5.41) is 3.16. The first-order valence-corrected chi connectivity index (χ1v) is 8.16. The topological polar surface area (TPSA) is 81.7 Å². The number of halogens is 1. The molecule has 2 heterocycles. The van der Waals surface area contributed by atoms with Crippen molar-refractivity contribution in [2.24, 2.45) is 0 Å². The Morgan fingerprint density at radius 3 is 2.79 bits per heavy atom. The largest absolute Gasteiger partial charge is 0.368 e. The molecule has 0 unspecified atom stereocenters. The van der Waals surface area contributed by atoms with E-state index in [1.165, 1.54) is 18.9 Å². The Balaban J connectivity index is 1.86. The molecule has 1 aliphatic rings. The van der Waals surface area contributed by atoms with E-state index in [4.69, 9.17) is 5.73 Å². The Morgan fingerprint density at radius 1 is 1.25 bits per heavy atom. The molecule has 1 saturated carbocycles. The molecule has 1 aliphatic carbocycles. The minimum absolute atomic E-state index is 0.218. The number of nitrogen functional groups attached to an aromatic ring is 1. The van der Waals surface area contributed by atoms with Gasteiger partial charge in [0.25, 0.3) is 0 Å². The lowest BCUT2D eigenvalue weighted by atomic mass is 10.2. The molecule has 0 aliphatic heterocycles. The van der Waals surface area contributed by atoms with Crippen molar-refractivity contribution in [1.29, 1.82) is 0 Å². The Morgan fingerprint density at radius 2 is 2.04 bits per heavy atom. The smallest absolute Gasteiger partial charge is 0.222 e. The van der Waals surface area contributed by atoms with Crippen LogP contribution >= 0.6 is 0 Å². The number of fused-ring (bicyclic) bond motifs is 1. The van der Waals surface area contributed by atoms with Crippen LogP contribution in [0.15, 0.2) is 24.4 Å². The second-order valence-electron chi connectivity index (χ2n) is 6.24. The number of nitrogens with one attached hydrogen (secondary N) is 1. The predicted molar refractivity (Wildman–Crippen MR) is 91.7 cm³/mol. The highest BCUT2D eigenvalue weighted by molar-refractivity contribution is 5.76. The van der Waals surface area contributed by atoms with Gasteiger partial charge in [-0.1, -0.05) is 25.0 Å². The number of nitrogens with zero attached hydrogens (tertiary/aromatic N) is 4. The average molecular weight is 326 g/mol. The summed E-state index contributed by atoms with van der Waals surface area (Å²) < 4.78 is 16.3. The van der Waals surface area contributed by atoms with Crippen molar-refractivity contribution in [3.8, 4) is 0 Å². The van der Waals surface area contributed by atoms with Crippen molar-refractivity contribution in [3.05, 3.63) is 35.8 Å². The zero-order chi connectivity index (χ0) is 16.7. The highest BCUT2D eigenvalue weighted by Gasteiger charge is 2.24. The lowest BCUT2D eigenvalue weighted by Gasteiger charge is -2.17. The fourth-order valence-corrected chi connectivity index (χ4v) is 3.40. The number of rotatable bonds is 3. The number of anilines is 3. The maximum absolute atomic E-state index is 14.2. The van der Waals surface area contributed by atoms with Crippen molar-refractivity contribution in [1.82, 2.24) is 19.5 Å². The molecule has 3 N–H and O–H groups in total. The van der Waals surface area contributed by atoms with Gasteiger partial charge in [0, 0.05) is 6.04 Å². The standard InChI is InChI=1S/C17H19FN6/c1-10-5-4-8-12(18)14(10)22-17-21-13-9-20-16(19)23-15(13)24(17)11-6-2-3-7-11/h4-5,8-9,11H,2-3,6-7H2,1H3,(H,21,22)(H2,19,20,23). The lowest BCUT2D eigenvalue weighted by Crippen LogP contribution is -2.11. The third kappa shape index (κ3) is 2.46. The van der Waals surface area contributed by atoms with Crippen LogP contribution in [0.1, 0.15) is 37.3 Å². The maximum atomic E-state index is 14.2. The lowest BCUT2D eigenvalue weighted by molar-refractivity contribution is 0.535. The van der Waals surface area contributed by atoms with E-state index in [0.29, 0.717) is 28.8 Å². The first-order chi connectivity index (χ1) is 11.6. The summed E-state index contributed by atoms with van der Waals surface area (Å²) in [5.41, 5.74) is 8.38. The molecule has 3 aromatic rings. The fraction of sp³-hybridized carbons (Fsp3) is 0.353. The number of nitrogens with two attached hydrogens (primary N) is 1. The van der Waals surface area contributed by atoms with Gasteiger partial charge < -0.3 is 11.1 Å². The van der Waals surface area contributed by atoms with Gasteiger partial charge in [0.15, 0.2) is 5.65 Å². The van der Waals surface area contributed by atoms with E-state index in [9.17, 15) is 4.39 Å². The van der Waals surface area contributed by atoms with Gasteiger partial charge in [-0.15, -0.1) is 0 Å². The molecule has 0 saturated heterocycles. The van der Waals surface area contributed by atoms with E-state index in [1.54, 1.807) is 12.3 Å². The number of hydrogen-bond acceptors (Lipinski definition) is 5. The molecule has 0 spiro atoms. The number of hydrogen-bond donors (Lipinski definition) is 2. The van der Waals surface area contributed by atoms with Gasteiger partial charge in [0.1, 0.15) is 11.3 Å². The molecule has 1 aromatic carbocycles. The Labute approximate surface area is 138 Å². The van der Waals surface area contributed by atoms with E-state index < -0.39 is 0 Å². The number of aryl methyl sites for hydroxylation is 1. The number of imidazole rings is 1. The summed E-state index contributed by atoms with van der Waals surface area (Å²) in [4.78, 5) is 13.0. The zero-order valence-electron chi connectivity index (χ0n) is 13.5. The Kier molecular flexibility index (Phi) is 3.55. The quantitative estimate of drug-likeness (QED) is 0.766.